The number of hydrogen-bond donors (Lipinski definition) is 1. The highest BCUT2D eigenvalue weighted by molar-refractivity contribution is 6.31. The van der Waals surface area contributed by atoms with Crippen LogP contribution in [0.15, 0.2) is 48.5 Å². The quantitative estimate of drug-likeness (QED) is 0.530. The third kappa shape index (κ3) is 5.10. The lowest BCUT2D eigenvalue weighted by molar-refractivity contribution is -0.120. The molecule has 1 amide bonds. The van der Waals surface area contributed by atoms with Crippen molar-refractivity contribution in [3.8, 4) is 0 Å². The maximum absolute atomic E-state index is 11.3. The number of nitrogens with one attached hydrogen (secondary N) is 1. The van der Waals surface area contributed by atoms with Crippen molar-refractivity contribution in [2.45, 2.75) is 45.6 Å². The molecule has 0 spiro atoms. The Labute approximate surface area is 165 Å². The molecular weight excluding hydrogens is 358 g/mol. The lowest BCUT2D eigenvalue weighted by Crippen LogP contribution is -2.23. The van der Waals surface area contributed by atoms with E-state index < -0.39 is 0 Å². The minimum atomic E-state index is 0.122. The number of carbonyl (C=O) groups excluding carboxylic acids is 1. The smallest absolute Gasteiger partial charge is 0.219 e. The van der Waals surface area contributed by atoms with Crippen molar-refractivity contribution in [3.05, 3.63) is 64.9 Å². The first-order valence-electron chi connectivity index (χ1n) is 9.63. The summed E-state index contributed by atoms with van der Waals surface area (Å²) in [5.41, 5.74) is 3.27. The summed E-state index contributed by atoms with van der Waals surface area (Å²) in [6.45, 7) is 3.35. The van der Waals surface area contributed by atoms with Gasteiger partial charge in [0, 0.05) is 24.4 Å². The molecule has 0 unspecified atom stereocenters. The largest absolute Gasteiger partial charge is 0.356 e. The van der Waals surface area contributed by atoms with Crippen molar-refractivity contribution < 1.29 is 4.79 Å². The maximum atomic E-state index is 11.3. The van der Waals surface area contributed by atoms with Gasteiger partial charge in [-0.05, 0) is 36.6 Å². The third-order valence-electron chi connectivity index (χ3n) is 4.74. The van der Waals surface area contributed by atoms with Gasteiger partial charge in [-0.25, -0.2) is 4.98 Å². The van der Waals surface area contributed by atoms with E-state index in [9.17, 15) is 4.79 Å². The molecule has 0 aliphatic heterocycles. The molecule has 3 rings (SSSR count). The van der Waals surface area contributed by atoms with Crippen LogP contribution in [0.2, 0.25) is 5.02 Å². The van der Waals surface area contributed by atoms with Crippen LogP contribution in [0.4, 0.5) is 0 Å². The number of amides is 1. The van der Waals surface area contributed by atoms with E-state index in [-0.39, 0.29) is 5.91 Å². The van der Waals surface area contributed by atoms with Gasteiger partial charge in [0.25, 0.3) is 0 Å². The number of benzene rings is 2. The molecule has 0 aliphatic carbocycles. The van der Waals surface area contributed by atoms with Crippen LogP contribution >= 0.6 is 11.6 Å². The van der Waals surface area contributed by atoms with Crippen LogP contribution in [-0.4, -0.2) is 22.0 Å². The summed E-state index contributed by atoms with van der Waals surface area (Å²) in [6.07, 6.45) is 4.58. The Morgan fingerprint density at radius 1 is 1.07 bits per heavy atom. The van der Waals surface area contributed by atoms with E-state index in [1.54, 1.807) is 0 Å². The van der Waals surface area contributed by atoms with Crippen LogP contribution < -0.4 is 5.32 Å². The number of nitrogens with zero attached hydrogens (tertiary/aromatic N) is 2. The predicted octanol–water partition coefficient (Wildman–Crippen LogP) is 4.98. The van der Waals surface area contributed by atoms with Gasteiger partial charge in [0.1, 0.15) is 5.82 Å². The van der Waals surface area contributed by atoms with Gasteiger partial charge in [0.15, 0.2) is 0 Å². The molecule has 3 aromatic rings. The molecule has 0 radical (unpaired) electrons. The lowest BCUT2D eigenvalue weighted by Gasteiger charge is -2.11. The second-order valence-electron chi connectivity index (χ2n) is 6.71. The zero-order valence-electron chi connectivity index (χ0n) is 15.7. The topological polar surface area (TPSA) is 46.9 Å². The Bertz CT molecular complexity index is 903. The zero-order valence-corrected chi connectivity index (χ0v) is 16.5. The standard InChI is InChI=1S/C22H26ClN3O/c1-2-22(27)24-15-9-3-4-14-21-25-19-12-7-8-13-20(19)26(21)16-17-10-5-6-11-18(17)23/h5-8,10-13H,2-4,9,14-16H2,1H3,(H,24,27). The van der Waals surface area contributed by atoms with Gasteiger partial charge in [0.2, 0.25) is 5.91 Å². The molecule has 1 heterocycles. The van der Waals surface area contributed by atoms with Gasteiger partial charge in [-0.15, -0.1) is 0 Å². The number of carbonyl (C=O) groups is 1. The van der Waals surface area contributed by atoms with E-state index in [1.807, 2.05) is 37.3 Å². The number of fused-ring (bicyclic) bond motifs is 1. The summed E-state index contributed by atoms with van der Waals surface area (Å²) in [5, 5.41) is 3.71. The summed E-state index contributed by atoms with van der Waals surface area (Å²) < 4.78 is 2.27. The fourth-order valence-electron chi connectivity index (χ4n) is 3.23. The fraction of sp³-hybridized carbons (Fsp3) is 0.364. The number of aromatic nitrogens is 2. The second-order valence-corrected chi connectivity index (χ2v) is 7.12. The highest BCUT2D eigenvalue weighted by Gasteiger charge is 2.12. The average Bonchev–Trinajstić information content (AvgIpc) is 3.03. The summed E-state index contributed by atoms with van der Waals surface area (Å²) in [4.78, 5) is 16.1. The Kier molecular flexibility index (Phi) is 6.88. The first-order valence-corrected chi connectivity index (χ1v) is 10.0. The average molecular weight is 384 g/mol. The summed E-state index contributed by atoms with van der Waals surface area (Å²) >= 11 is 6.38. The van der Waals surface area contributed by atoms with Gasteiger partial charge in [0.05, 0.1) is 17.6 Å². The molecule has 142 valence electrons. The third-order valence-corrected chi connectivity index (χ3v) is 5.11. The maximum Gasteiger partial charge on any atom is 0.219 e. The first kappa shape index (κ1) is 19.4. The van der Waals surface area contributed by atoms with E-state index in [4.69, 9.17) is 16.6 Å². The van der Waals surface area contributed by atoms with Gasteiger partial charge in [-0.2, -0.15) is 0 Å². The molecular formula is C22H26ClN3O. The van der Waals surface area contributed by atoms with E-state index in [2.05, 4.69) is 28.1 Å². The SMILES string of the molecule is CCC(=O)NCCCCCc1nc2ccccc2n1Cc1ccccc1Cl. The minimum Gasteiger partial charge on any atom is -0.356 e. The summed E-state index contributed by atoms with van der Waals surface area (Å²) in [6, 6.07) is 16.2. The van der Waals surface area contributed by atoms with E-state index in [0.29, 0.717) is 6.42 Å². The Balaban J connectivity index is 1.68. The molecule has 0 saturated heterocycles. The lowest BCUT2D eigenvalue weighted by atomic mass is 10.1. The highest BCUT2D eigenvalue weighted by atomic mass is 35.5. The molecule has 0 saturated carbocycles. The van der Waals surface area contributed by atoms with Crippen LogP contribution in [0.1, 0.15) is 44.0 Å². The van der Waals surface area contributed by atoms with Crippen molar-refractivity contribution in [3.63, 3.8) is 0 Å². The molecule has 1 N–H and O–H groups in total. The molecule has 1 aromatic heterocycles. The van der Waals surface area contributed by atoms with Crippen LogP contribution in [-0.2, 0) is 17.8 Å². The predicted molar refractivity (Wildman–Crippen MR) is 111 cm³/mol. The number of imidazole rings is 1. The van der Waals surface area contributed by atoms with Crippen LogP contribution in [0.25, 0.3) is 11.0 Å². The molecule has 0 fully saturated rings. The van der Waals surface area contributed by atoms with Crippen LogP contribution in [0.5, 0.6) is 0 Å². The van der Waals surface area contributed by atoms with Crippen molar-refractivity contribution >= 4 is 28.5 Å². The molecule has 4 nitrogen and oxygen atoms in total. The zero-order chi connectivity index (χ0) is 19.1. The normalized spacial score (nSPS) is 11.0. The van der Waals surface area contributed by atoms with E-state index >= 15 is 0 Å². The van der Waals surface area contributed by atoms with Crippen molar-refractivity contribution in [2.75, 3.05) is 6.54 Å². The highest BCUT2D eigenvalue weighted by Crippen LogP contribution is 2.22. The van der Waals surface area contributed by atoms with Crippen molar-refractivity contribution in [1.82, 2.24) is 14.9 Å². The summed E-state index contributed by atoms with van der Waals surface area (Å²) in [7, 11) is 0. The molecule has 27 heavy (non-hydrogen) atoms. The summed E-state index contributed by atoms with van der Waals surface area (Å²) in [5.74, 6) is 1.21. The van der Waals surface area contributed by atoms with Gasteiger partial charge in [-0.3, -0.25) is 4.79 Å². The van der Waals surface area contributed by atoms with Crippen molar-refractivity contribution in [2.24, 2.45) is 0 Å². The number of aryl methyl sites for hydroxylation is 1. The van der Waals surface area contributed by atoms with Crippen LogP contribution in [0, 0.1) is 0 Å². The van der Waals surface area contributed by atoms with Gasteiger partial charge in [-0.1, -0.05) is 55.3 Å². The molecule has 5 heteroatoms. The number of para-hydroxylation sites is 2. The second kappa shape index (κ2) is 9.56. The first-order chi connectivity index (χ1) is 13.2. The van der Waals surface area contributed by atoms with E-state index in [0.717, 1.165) is 66.2 Å². The Morgan fingerprint density at radius 3 is 2.67 bits per heavy atom. The van der Waals surface area contributed by atoms with Gasteiger partial charge >= 0.3 is 0 Å². The molecule has 2 aromatic carbocycles. The molecule has 0 aliphatic rings. The Hall–Kier alpha value is -2.33. The number of halogens is 1. The van der Waals surface area contributed by atoms with Crippen LogP contribution in [0.3, 0.4) is 0 Å². The van der Waals surface area contributed by atoms with Crippen molar-refractivity contribution in [1.29, 1.82) is 0 Å². The number of hydrogen-bond acceptors (Lipinski definition) is 2. The number of rotatable bonds is 9. The monoisotopic (exact) mass is 383 g/mol. The minimum absolute atomic E-state index is 0.122. The van der Waals surface area contributed by atoms with E-state index in [1.165, 1.54) is 0 Å². The fourth-order valence-corrected chi connectivity index (χ4v) is 3.42. The van der Waals surface area contributed by atoms with Gasteiger partial charge < -0.3 is 9.88 Å². The molecule has 0 bridgehead atoms. The Morgan fingerprint density at radius 2 is 1.85 bits per heavy atom. The number of unbranched alkanes of at least 4 members (excludes halogenated alkanes) is 2. The molecule has 0 atom stereocenters.